The molecule has 0 saturated heterocycles. The zero-order chi connectivity index (χ0) is 13.3. The number of fused-ring (bicyclic) bond motifs is 1. The largest absolute Gasteiger partial charge is 0.356 e. The van der Waals surface area contributed by atoms with Crippen LogP contribution in [0.2, 0.25) is 0 Å². The first-order chi connectivity index (χ1) is 8.56. The van der Waals surface area contributed by atoms with Crippen molar-refractivity contribution in [2.24, 2.45) is 0 Å². The summed E-state index contributed by atoms with van der Waals surface area (Å²) in [5, 5.41) is 0. The Morgan fingerprint density at radius 3 is 2.44 bits per heavy atom. The lowest BCUT2D eigenvalue weighted by Crippen LogP contribution is -2.29. The summed E-state index contributed by atoms with van der Waals surface area (Å²) in [6, 6.07) is 3.86. The fourth-order valence-corrected chi connectivity index (χ4v) is 2.13. The third kappa shape index (κ3) is 2.08. The lowest BCUT2D eigenvalue weighted by atomic mass is 10.2. The van der Waals surface area contributed by atoms with Gasteiger partial charge in [0.1, 0.15) is 5.65 Å². The average molecular weight is 246 g/mol. The summed E-state index contributed by atoms with van der Waals surface area (Å²) in [5.41, 5.74) is 2.35. The molecule has 0 aliphatic rings. The number of aryl methyl sites for hydroxylation is 2. The van der Waals surface area contributed by atoms with E-state index in [1.165, 1.54) is 0 Å². The summed E-state index contributed by atoms with van der Waals surface area (Å²) >= 11 is 0. The maximum absolute atomic E-state index is 12.1. The molecule has 0 aliphatic carbocycles. The molecular weight excluding hydrogens is 228 g/mol. The molecule has 2 rings (SSSR count). The molecule has 0 unspecified atom stereocenters. The van der Waals surface area contributed by atoms with Gasteiger partial charge in [-0.3, -0.25) is 0 Å². The fourth-order valence-electron chi connectivity index (χ4n) is 2.13. The number of anilines is 1. The summed E-state index contributed by atoms with van der Waals surface area (Å²) in [7, 11) is 0. The Morgan fingerprint density at radius 2 is 1.83 bits per heavy atom. The molecule has 0 aliphatic heterocycles. The summed E-state index contributed by atoms with van der Waals surface area (Å²) < 4.78 is 1.54. The molecule has 0 aromatic carbocycles. The van der Waals surface area contributed by atoms with E-state index in [2.05, 4.69) is 9.97 Å². The predicted molar refractivity (Wildman–Crippen MR) is 72.3 cm³/mol. The summed E-state index contributed by atoms with van der Waals surface area (Å²) in [6.45, 7) is 9.51. The second kappa shape index (κ2) is 4.76. The fraction of sp³-hybridized carbons (Fsp3) is 0.462. The van der Waals surface area contributed by atoms with Gasteiger partial charge in [0.15, 0.2) is 0 Å². The molecule has 5 nitrogen and oxygen atoms in total. The first-order valence-corrected chi connectivity index (χ1v) is 6.19. The van der Waals surface area contributed by atoms with E-state index < -0.39 is 0 Å². The van der Waals surface area contributed by atoms with Crippen molar-refractivity contribution in [1.29, 1.82) is 0 Å². The Morgan fingerprint density at radius 1 is 1.17 bits per heavy atom. The summed E-state index contributed by atoms with van der Waals surface area (Å²) in [4.78, 5) is 22.6. The molecule has 2 aromatic heterocycles. The number of hydrogen-bond donors (Lipinski definition) is 0. The highest BCUT2D eigenvalue weighted by molar-refractivity contribution is 5.46. The van der Waals surface area contributed by atoms with E-state index in [4.69, 9.17) is 0 Å². The molecule has 5 heteroatoms. The minimum Gasteiger partial charge on any atom is -0.341 e. The van der Waals surface area contributed by atoms with Crippen LogP contribution >= 0.6 is 0 Å². The van der Waals surface area contributed by atoms with E-state index in [0.29, 0.717) is 11.6 Å². The Kier molecular flexibility index (Phi) is 3.32. The molecule has 2 aromatic rings. The van der Waals surface area contributed by atoms with Gasteiger partial charge in [-0.25, -0.2) is 9.20 Å². The third-order valence-corrected chi connectivity index (χ3v) is 3.02. The van der Waals surface area contributed by atoms with Gasteiger partial charge in [0.2, 0.25) is 5.95 Å². The monoisotopic (exact) mass is 246 g/mol. The van der Waals surface area contributed by atoms with Gasteiger partial charge < -0.3 is 4.90 Å². The number of hydrogen-bond acceptors (Lipinski definition) is 4. The van der Waals surface area contributed by atoms with E-state index in [1.54, 1.807) is 4.40 Å². The normalized spacial score (nSPS) is 10.9. The zero-order valence-corrected chi connectivity index (χ0v) is 11.3. The number of nitrogens with zero attached hydrogens (tertiary/aromatic N) is 4. The van der Waals surface area contributed by atoms with Crippen molar-refractivity contribution in [2.75, 3.05) is 18.0 Å². The minimum absolute atomic E-state index is 0.264. The molecule has 0 radical (unpaired) electrons. The van der Waals surface area contributed by atoms with Crippen molar-refractivity contribution >= 4 is 11.6 Å². The second-order valence-electron chi connectivity index (χ2n) is 4.35. The van der Waals surface area contributed by atoms with Crippen LogP contribution in [-0.4, -0.2) is 27.5 Å². The standard InChI is InChI=1S/C13H18N4O/c1-5-16(6-2)12-14-11-8-9(3)7-10(4)17(11)13(18)15-12/h7-8H,5-6H2,1-4H3. The summed E-state index contributed by atoms with van der Waals surface area (Å²) in [5.74, 6) is 0.509. The van der Waals surface area contributed by atoms with Gasteiger partial charge in [-0.2, -0.15) is 9.97 Å². The SMILES string of the molecule is CCN(CC)c1nc(=O)n2c(C)cc(C)cc2n1. The number of aromatic nitrogens is 3. The minimum atomic E-state index is -0.264. The van der Waals surface area contributed by atoms with Crippen molar-refractivity contribution in [3.8, 4) is 0 Å². The van der Waals surface area contributed by atoms with Gasteiger partial charge in [0.05, 0.1) is 0 Å². The van der Waals surface area contributed by atoms with E-state index in [-0.39, 0.29) is 5.69 Å². The van der Waals surface area contributed by atoms with Gasteiger partial charge >= 0.3 is 5.69 Å². The van der Waals surface area contributed by atoms with Crippen molar-refractivity contribution in [2.45, 2.75) is 27.7 Å². The van der Waals surface area contributed by atoms with Crippen LogP contribution in [-0.2, 0) is 0 Å². The zero-order valence-electron chi connectivity index (χ0n) is 11.3. The van der Waals surface area contributed by atoms with Crippen LogP contribution in [0.1, 0.15) is 25.1 Å². The first kappa shape index (κ1) is 12.5. The smallest absolute Gasteiger partial charge is 0.341 e. The molecule has 0 spiro atoms. The predicted octanol–water partition coefficient (Wildman–Crippen LogP) is 1.55. The Labute approximate surface area is 106 Å². The maximum Gasteiger partial charge on any atom is 0.356 e. The van der Waals surface area contributed by atoms with Gasteiger partial charge in [-0.15, -0.1) is 0 Å². The molecule has 0 amide bonds. The van der Waals surface area contributed by atoms with Crippen LogP contribution < -0.4 is 10.6 Å². The van der Waals surface area contributed by atoms with E-state index in [1.807, 2.05) is 44.7 Å². The molecule has 0 fully saturated rings. The van der Waals surface area contributed by atoms with Crippen LogP contribution in [0.15, 0.2) is 16.9 Å². The van der Waals surface area contributed by atoms with Gasteiger partial charge in [-0.05, 0) is 45.4 Å². The lowest BCUT2D eigenvalue weighted by Gasteiger charge is -2.18. The lowest BCUT2D eigenvalue weighted by molar-refractivity contribution is 0.794. The van der Waals surface area contributed by atoms with Crippen molar-refractivity contribution in [3.05, 3.63) is 33.9 Å². The molecule has 0 atom stereocenters. The molecular formula is C13H18N4O. The highest BCUT2D eigenvalue weighted by atomic mass is 16.1. The van der Waals surface area contributed by atoms with E-state index in [0.717, 1.165) is 24.3 Å². The Bertz CT molecular complexity index is 629. The topological polar surface area (TPSA) is 50.5 Å². The van der Waals surface area contributed by atoms with Crippen LogP contribution in [0.4, 0.5) is 5.95 Å². The molecule has 18 heavy (non-hydrogen) atoms. The highest BCUT2D eigenvalue weighted by Gasteiger charge is 2.10. The van der Waals surface area contributed by atoms with Gasteiger partial charge in [0, 0.05) is 18.8 Å². The van der Waals surface area contributed by atoms with Crippen LogP contribution in [0.3, 0.4) is 0 Å². The number of rotatable bonds is 3. The van der Waals surface area contributed by atoms with E-state index >= 15 is 0 Å². The van der Waals surface area contributed by atoms with Crippen molar-refractivity contribution < 1.29 is 0 Å². The quantitative estimate of drug-likeness (QED) is 0.824. The number of pyridine rings is 1. The second-order valence-corrected chi connectivity index (χ2v) is 4.35. The summed E-state index contributed by atoms with van der Waals surface area (Å²) in [6.07, 6.45) is 0. The molecule has 0 N–H and O–H groups in total. The van der Waals surface area contributed by atoms with Crippen molar-refractivity contribution in [1.82, 2.24) is 14.4 Å². The molecule has 0 bridgehead atoms. The van der Waals surface area contributed by atoms with Crippen LogP contribution in [0.25, 0.3) is 5.65 Å². The third-order valence-electron chi connectivity index (χ3n) is 3.02. The molecule has 0 saturated carbocycles. The van der Waals surface area contributed by atoms with Crippen LogP contribution in [0.5, 0.6) is 0 Å². The maximum atomic E-state index is 12.1. The molecule has 2 heterocycles. The highest BCUT2D eigenvalue weighted by Crippen LogP contribution is 2.10. The van der Waals surface area contributed by atoms with Crippen molar-refractivity contribution in [3.63, 3.8) is 0 Å². The van der Waals surface area contributed by atoms with Crippen LogP contribution in [0, 0.1) is 13.8 Å². The average Bonchev–Trinajstić information content (AvgIpc) is 2.28. The Balaban J connectivity index is 2.72. The van der Waals surface area contributed by atoms with Gasteiger partial charge in [-0.1, -0.05) is 0 Å². The first-order valence-electron chi connectivity index (χ1n) is 6.19. The molecule has 96 valence electrons. The van der Waals surface area contributed by atoms with E-state index in [9.17, 15) is 4.79 Å². The van der Waals surface area contributed by atoms with Gasteiger partial charge in [0.25, 0.3) is 0 Å². The Hall–Kier alpha value is -1.91.